The Hall–Kier alpha value is -2.61. The van der Waals surface area contributed by atoms with Crippen molar-refractivity contribution < 1.29 is 9.32 Å². The van der Waals surface area contributed by atoms with Crippen molar-refractivity contribution in [2.75, 3.05) is 5.32 Å². The fourth-order valence-corrected chi connectivity index (χ4v) is 1.69. The van der Waals surface area contributed by atoms with Crippen LogP contribution in [0.3, 0.4) is 0 Å². The molecule has 1 amide bonds. The molecule has 5 heteroatoms. The van der Waals surface area contributed by atoms with Gasteiger partial charge >= 0.3 is 0 Å². The number of hydrogen-bond donors (Lipinski definition) is 1. The van der Waals surface area contributed by atoms with Gasteiger partial charge in [0, 0.05) is 6.07 Å². The molecule has 0 saturated heterocycles. The van der Waals surface area contributed by atoms with Gasteiger partial charge in [-0.25, -0.2) is 0 Å². The highest BCUT2D eigenvalue weighted by Gasteiger charge is 2.19. The maximum Gasteiger partial charge on any atom is 0.243 e. The van der Waals surface area contributed by atoms with Crippen molar-refractivity contribution >= 4 is 11.7 Å². The molecule has 1 atom stereocenters. The van der Waals surface area contributed by atoms with Crippen LogP contribution in [0.5, 0.6) is 0 Å². The molecule has 1 heterocycles. The highest BCUT2D eigenvalue weighted by Crippen LogP contribution is 2.12. The van der Waals surface area contributed by atoms with E-state index in [4.69, 9.17) is 9.78 Å². The SMILES string of the molecule is Cc1cc(NC(=O)C(C#N)Cc2ccccc2)no1. The molecule has 0 fully saturated rings. The summed E-state index contributed by atoms with van der Waals surface area (Å²) in [6.07, 6.45) is 0.375. The van der Waals surface area contributed by atoms with Crippen LogP contribution in [-0.2, 0) is 11.2 Å². The fourth-order valence-electron chi connectivity index (χ4n) is 1.69. The van der Waals surface area contributed by atoms with Gasteiger partial charge in [-0.05, 0) is 18.9 Å². The number of carbonyl (C=O) groups is 1. The number of nitriles is 1. The van der Waals surface area contributed by atoms with Gasteiger partial charge in [-0.15, -0.1) is 0 Å². The Kier molecular flexibility index (Phi) is 3.94. The quantitative estimate of drug-likeness (QED) is 0.909. The van der Waals surface area contributed by atoms with E-state index in [2.05, 4.69) is 10.5 Å². The lowest BCUT2D eigenvalue weighted by molar-refractivity contribution is -0.118. The van der Waals surface area contributed by atoms with E-state index in [0.29, 0.717) is 18.0 Å². The average molecular weight is 255 g/mol. The number of carbonyl (C=O) groups excluding carboxylic acids is 1. The number of benzene rings is 1. The van der Waals surface area contributed by atoms with E-state index >= 15 is 0 Å². The molecular formula is C14H13N3O2. The van der Waals surface area contributed by atoms with Gasteiger partial charge in [0.15, 0.2) is 5.82 Å². The number of hydrogen-bond acceptors (Lipinski definition) is 4. The first-order valence-electron chi connectivity index (χ1n) is 5.87. The van der Waals surface area contributed by atoms with Crippen LogP contribution in [0.25, 0.3) is 0 Å². The largest absolute Gasteiger partial charge is 0.360 e. The summed E-state index contributed by atoms with van der Waals surface area (Å²) in [5, 5.41) is 15.3. The van der Waals surface area contributed by atoms with Gasteiger partial charge in [-0.3, -0.25) is 4.79 Å². The van der Waals surface area contributed by atoms with Crippen LogP contribution in [-0.4, -0.2) is 11.1 Å². The van der Waals surface area contributed by atoms with Crippen molar-refractivity contribution in [1.29, 1.82) is 5.26 Å². The first kappa shape index (κ1) is 12.8. The summed E-state index contributed by atoms with van der Waals surface area (Å²) >= 11 is 0. The summed E-state index contributed by atoms with van der Waals surface area (Å²) in [6.45, 7) is 1.73. The Morgan fingerprint density at radius 2 is 2.21 bits per heavy atom. The predicted octanol–water partition coefficient (Wildman–Crippen LogP) is 2.30. The average Bonchev–Trinajstić information content (AvgIpc) is 2.82. The molecule has 0 radical (unpaired) electrons. The van der Waals surface area contributed by atoms with E-state index in [9.17, 15) is 4.79 Å². The molecule has 0 aliphatic heterocycles. The Labute approximate surface area is 110 Å². The molecule has 0 aliphatic carbocycles. The van der Waals surface area contributed by atoms with Crippen molar-refractivity contribution in [3.8, 4) is 6.07 Å². The maximum atomic E-state index is 11.9. The number of nitrogens with zero attached hydrogens (tertiary/aromatic N) is 2. The zero-order valence-electron chi connectivity index (χ0n) is 10.5. The minimum absolute atomic E-state index is 0.329. The molecule has 2 aromatic rings. The Bertz CT molecular complexity index is 599. The maximum absolute atomic E-state index is 11.9. The molecule has 2 rings (SSSR count). The van der Waals surface area contributed by atoms with E-state index < -0.39 is 5.92 Å². The molecule has 1 unspecified atom stereocenters. The van der Waals surface area contributed by atoms with Crippen molar-refractivity contribution in [1.82, 2.24) is 5.16 Å². The van der Waals surface area contributed by atoms with Crippen LogP contribution in [0.2, 0.25) is 0 Å². The summed E-state index contributed by atoms with van der Waals surface area (Å²) in [5.41, 5.74) is 0.945. The van der Waals surface area contributed by atoms with E-state index in [1.54, 1.807) is 13.0 Å². The first-order chi connectivity index (χ1) is 9.19. The third kappa shape index (κ3) is 3.42. The van der Waals surface area contributed by atoms with Gasteiger partial charge in [0.2, 0.25) is 5.91 Å². The molecule has 0 spiro atoms. The van der Waals surface area contributed by atoms with Crippen molar-refractivity contribution in [2.24, 2.45) is 5.92 Å². The topological polar surface area (TPSA) is 78.9 Å². The molecule has 1 aromatic heterocycles. The Morgan fingerprint density at radius 3 is 2.79 bits per heavy atom. The van der Waals surface area contributed by atoms with Gasteiger partial charge in [-0.1, -0.05) is 35.5 Å². The Morgan fingerprint density at radius 1 is 1.47 bits per heavy atom. The van der Waals surface area contributed by atoms with Crippen molar-refractivity contribution in [2.45, 2.75) is 13.3 Å². The van der Waals surface area contributed by atoms with Crippen LogP contribution in [0.4, 0.5) is 5.82 Å². The molecular weight excluding hydrogens is 242 g/mol. The summed E-state index contributed by atoms with van der Waals surface area (Å²) in [4.78, 5) is 11.9. The summed E-state index contributed by atoms with van der Waals surface area (Å²) in [6, 6.07) is 13.0. The number of rotatable bonds is 4. The highest BCUT2D eigenvalue weighted by molar-refractivity contribution is 5.93. The summed E-state index contributed by atoms with van der Waals surface area (Å²) in [7, 11) is 0. The van der Waals surface area contributed by atoms with Crippen LogP contribution in [0.1, 0.15) is 11.3 Å². The summed E-state index contributed by atoms with van der Waals surface area (Å²) < 4.78 is 4.85. The number of aromatic nitrogens is 1. The molecule has 5 nitrogen and oxygen atoms in total. The third-order valence-corrected chi connectivity index (χ3v) is 2.63. The second-order valence-corrected chi connectivity index (χ2v) is 4.18. The van der Waals surface area contributed by atoms with Crippen LogP contribution in [0.15, 0.2) is 40.9 Å². The number of nitrogens with one attached hydrogen (secondary N) is 1. The lowest BCUT2D eigenvalue weighted by Gasteiger charge is -2.08. The zero-order chi connectivity index (χ0) is 13.7. The predicted molar refractivity (Wildman–Crippen MR) is 69.1 cm³/mol. The van der Waals surface area contributed by atoms with E-state index in [-0.39, 0.29) is 5.91 Å². The second-order valence-electron chi connectivity index (χ2n) is 4.18. The fraction of sp³-hybridized carbons (Fsp3) is 0.214. The third-order valence-electron chi connectivity index (χ3n) is 2.63. The molecule has 0 bridgehead atoms. The summed E-state index contributed by atoms with van der Waals surface area (Å²) in [5.74, 6) is -0.193. The standard InChI is InChI=1S/C14H13N3O2/c1-10-7-13(17-19-10)16-14(18)12(9-15)8-11-5-3-2-4-6-11/h2-7,12H,8H2,1H3,(H,16,17,18). The zero-order valence-corrected chi connectivity index (χ0v) is 10.5. The highest BCUT2D eigenvalue weighted by atomic mass is 16.5. The Balaban J connectivity index is 2.02. The van der Waals surface area contributed by atoms with Gasteiger partial charge < -0.3 is 9.84 Å². The van der Waals surface area contributed by atoms with E-state index in [0.717, 1.165) is 5.56 Å². The van der Waals surface area contributed by atoms with E-state index in [1.165, 1.54) is 0 Å². The number of amides is 1. The van der Waals surface area contributed by atoms with Gasteiger partial charge in [0.05, 0.1) is 6.07 Å². The monoisotopic (exact) mass is 255 g/mol. The number of aryl methyl sites for hydroxylation is 1. The molecule has 96 valence electrons. The molecule has 1 N–H and O–H groups in total. The normalized spacial score (nSPS) is 11.6. The minimum atomic E-state index is -0.751. The smallest absolute Gasteiger partial charge is 0.243 e. The van der Waals surface area contributed by atoms with Crippen LogP contribution < -0.4 is 5.32 Å². The molecule has 0 aliphatic rings. The van der Waals surface area contributed by atoms with Gasteiger partial charge in [0.25, 0.3) is 0 Å². The van der Waals surface area contributed by atoms with Gasteiger partial charge in [-0.2, -0.15) is 5.26 Å². The van der Waals surface area contributed by atoms with Gasteiger partial charge in [0.1, 0.15) is 11.7 Å². The molecule has 0 saturated carbocycles. The second kappa shape index (κ2) is 5.83. The van der Waals surface area contributed by atoms with Crippen molar-refractivity contribution in [3.63, 3.8) is 0 Å². The lowest BCUT2D eigenvalue weighted by Crippen LogP contribution is -2.23. The van der Waals surface area contributed by atoms with Crippen molar-refractivity contribution in [3.05, 3.63) is 47.7 Å². The molecule has 1 aromatic carbocycles. The lowest BCUT2D eigenvalue weighted by atomic mass is 10.00. The number of anilines is 1. The van der Waals surface area contributed by atoms with Crippen LogP contribution >= 0.6 is 0 Å². The first-order valence-corrected chi connectivity index (χ1v) is 5.87. The van der Waals surface area contributed by atoms with Crippen LogP contribution in [0, 0.1) is 24.2 Å². The minimum Gasteiger partial charge on any atom is -0.360 e. The van der Waals surface area contributed by atoms with E-state index in [1.807, 2.05) is 36.4 Å². The molecule has 19 heavy (non-hydrogen) atoms.